The highest BCUT2D eigenvalue weighted by molar-refractivity contribution is 5.98. The number of ether oxygens (including phenoxy) is 3. The number of carbonyl (C=O) groups excluding carboxylic acids is 1. The van der Waals surface area contributed by atoms with Crippen LogP contribution in [0.1, 0.15) is 16.8 Å². The van der Waals surface area contributed by atoms with Crippen LogP contribution >= 0.6 is 0 Å². The van der Waals surface area contributed by atoms with Crippen LogP contribution in [0.2, 0.25) is 0 Å². The molecule has 0 atom stereocenters. The number of carbonyl (C=O) groups is 1. The molecule has 0 unspecified atom stereocenters. The van der Waals surface area contributed by atoms with Crippen molar-refractivity contribution in [3.63, 3.8) is 0 Å². The van der Waals surface area contributed by atoms with E-state index in [4.69, 9.17) is 25.7 Å². The topological polar surface area (TPSA) is 100 Å². The molecular formula is C15H23N3O4. The molecular weight excluding hydrogens is 286 g/mol. The van der Waals surface area contributed by atoms with Crippen LogP contribution in [0.5, 0.6) is 11.5 Å². The summed E-state index contributed by atoms with van der Waals surface area (Å²) in [7, 11) is 1.51. The summed E-state index contributed by atoms with van der Waals surface area (Å²) in [5.41, 5.74) is 11.6. The molecule has 0 spiro atoms. The summed E-state index contributed by atoms with van der Waals surface area (Å²) < 4.78 is 16.3. The number of rotatable bonds is 7. The Morgan fingerprint density at radius 2 is 2.05 bits per heavy atom. The molecule has 4 N–H and O–H groups in total. The van der Waals surface area contributed by atoms with Crippen LogP contribution in [0.4, 0.5) is 5.69 Å². The molecule has 0 aliphatic carbocycles. The SMILES string of the molecule is COc1cc(C(N)=O)c(N)cc1OCCCN1CCOCC1. The van der Waals surface area contributed by atoms with Crippen LogP contribution in [0.3, 0.4) is 0 Å². The van der Waals surface area contributed by atoms with Crippen LogP contribution in [0, 0.1) is 0 Å². The highest BCUT2D eigenvalue weighted by atomic mass is 16.5. The second-order valence-corrected chi connectivity index (χ2v) is 5.11. The van der Waals surface area contributed by atoms with Crippen molar-refractivity contribution in [2.75, 3.05) is 52.3 Å². The third-order valence-electron chi connectivity index (χ3n) is 3.58. The van der Waals surface area contributed by atoms with E-state index in [1.54, 1.807) is 6.07 Å². The van der Waals surface area contributed by atoms with Crippen molar-refractivity contribution in [2.45, 2.75) is 6.42 Å². The summed E-state index contributed by atoms with van der Waals surface area (Å²) in [4.78, 5) is 13.6. The number of methoxy groups -OCH3 is 1. The molecule has 7 heteroatoms. The first-order valence-electron chi connectivity index (χ1n) is 7.32. The van der Waals surface area contributed by atoms with Gasteiger partial charge < -0.3 is 25.7 Å². The second-order valence-electron chi connectivity index (χ2n) is 5.11. The molecule has 122 valence electrons. The van der Waals surface area contributed by atoms with Crippen molar-refractivity contribution < 1.29 is 19.0 Å². The summed E-state index contributed by atoms with van der Waals surface area (Å²) in [5.74, 6) is 0.385. The van der Waals surface area contributed by atoms with Gasteiger partial charge in [-0.05, 0) is 12.5 Å². The van der Waals surface area contributed by atoms with Crippen LogP contribution < -0.4 is 20.9 Å². The number of benzene rings is 1. The number of nitrogens with zero attached hydrogens (tertiary/aromatic N) is 1. The molecule has 2 rings (SSSR count). The standard InChI is InChI=1S/C15H23N3O4/c1-20-13-9-11(15(17)19)12(16)10-14(13)22-6-2-3-18-4-7-21-8-5-18/h9-10H,2-8,16H2,1H3,(H2,17,19). The molecule has 7 nitrogen and oxygen atoms in total. The predicted molar refractivity (Wildman–Crippen MR) is 83.3 cm³/mol. The summed E-state index contributed by atoms with van der Waals surface area (Å²) in [6.45, 7) is 5.01. The molecule has 1 aromatic rings. The zero-order valence-corrected chi connectivity index (χ0v) is 12.8. The fourth-order valence-electron chi connectivity index (χ4n) is 2.36. The number of nitrogens with two attached hydrogens (primary N) is 2. The van der Waals surface area contributed by atoms with E-state index < -0.39 is 5.91 Å². The highest BCUT2D eigenvalue weighted by Gasteiger charge is 2.14. The number of primary amides is 1. The molecule has 1 saturated heterocycles. The zero-order valence-electron chi connectivity index (χ0n) is 12.8. The Morgan fingerprint density at radius 1 is 1.32 bits per heavy atom. The van der Waals surface area contributed by atoms with E-state index in [2.05, 4.69) is 4.90 Å². The van der Waals surface area contributed by atoms with E-state index in [1.807, 2.05) is 0 Å². The number of anilines is 1. The monoisotopic (exact) mass is 309 g/mol. The fourth-order valence-corrected chi connectivity index (χ4v) is 2.36. The highest BCUT2D eigenvalue weighted by Crippen LogP contribution is 2.32. The Morgan fingerprint density at radius 3 is 2.68 bits per heavy atom. The Balaban J connectivity index is 1.88. The first kappa shape index (κ1) is 16.4. The molecule has 1 aliphatic heterocycles. The molecule has 1 aliphatic rings. The van der Waals surface area contributed by atoms with E-state index in [-0.39, 0.29) is 11.3 Å². The lowest BCUT2D eigenvalue weighted by Crippen LogP contribution is -2.37. The molecule has 0 saturated carbocycles. The van der Waals surface area contributed by atoms with Crippen molar-refractivity contribution in [2.24, 2.45) is 5.73 Å². The van der Waals surface area contributed by atoms with Gasteiger partial charge >= 0.3 is 0 Å². The lowest BCUT2D eigenvalue weighted by atomic mass is 10.1. The summed E-state index contributed by atoms with van der Waals surface area (Å²) in [5, 5.41) is 0. The van der Waals surface area contributed by atoms with Crippen molar-refractivity contribution in [3.8, 4) is 11.5 Å². The maximum Gasteiger partial charge on any atom is 0.250 e. The van der Waals surface area contributed by atoms with Crippen molar-refractivity contribution >= 4 is 11.6 Å². The number of morpholine rings is 1. The van der Waals surface area contributed by atoms with E-state index in [9.17, 15) is 4.79 Å². The maximum atomic E-state index is 11.3. The minimum absolute atomic E-state index is 0.234. The van der Waals surface area contributed by atoms with Gasteiger partial charge in [0.25, 0.3) is 5.91 Å². The fraction of sp³-hybridized carbons (Fsp3) is 0.533. The van der Waals surface area contributed by atoms with Gasteiger partial charge in [0, 0.05) is 31.4 Å². The number of amides is 1. The van der Waals surface area contributed by atoms with Crippen LogP contribution in [-0.2, 0) is 4.74 Å². The average Bonchev–Trinajstić information content (AvgIpc) is 2.52. The number of nitrogen functional groups attached to an aromatic ring is 1. The lowest BCUT2D eigenvalue weighted by Gasteiger charge is -2.26. The van der Waals surface area contributed by atoms with Gasteiger partial charge in [-0.15, -0.1) is 0 Å². The quantitative estimate of drug-likeness (QED) is 0.561. The van der Waals surface area contributed by atoms with Gasteiger partial charge in [-0.25, -0.2) is 0 Å². The third-order valence-corrected chi connectivity index (χ3v) is 3.58. The third kappa shape index (κ3) is 4.25. The van der Waals surface area contributed by atoms with Gasteiger partial charge in [-0.2, -0.15) is 0 Å². The molecule has 1 aromatic carbocycles. The van der Waals surface area contributed by atoms with Crippen LogP contribution in [0.15, 0.2) is 12.1 Å². The first-order chi connectivity index (χ1) is 10.6. The van der Waals surface area contributed by atoms with Crippen molar-refractivity contribution in [3.05, 3.63) is 17.7 Å². The molecule has 1 heterocycles. The Hall–Kier alpha value is -1.99. The lowest BCUT2D eigenvalue weighted by molar-refractivity contribution is 0.0357. The number of hydrogen-bond donors (Lipinski definition) is 2. The van der Waals surface area contributed by atoms with Gasteiger partial charge in [0.2, 0.25) is 0 Å². The predicted octanol–water partition coefficient (Wildman–Crippen LogP) is 0.477. The molecule has 1 amide bonds. The second kappa shape index (κ2) is 7.86. The van der Waals surface area contributed by atoms with Crippen LogP contribution in [0.25, 0.3) is 0 Å². The van der Waals surface area contributed by atoms with Crippen molar-refractivity contribution in [1.29, 1.82) is 0 Å². The largest absolute Gasteiger partial charge is 0.493 e. The number of hydrogen-bond acceptors (Lipinski definition) is 6. The molecule has 0 radical (unpaired) electrons. The minimum atomic E-state index is -0.588. The van der Waals surface area contributed by atoms with Gasteiger partial charge in [-0.3, -0.25) is 9.69 Å². The molecule has 0 bridgehead atoms. The van der Waals surface area contributed by atoms with Gasteiger partial charge in [0.1, 0.15) is 0 Å². The van der Waals surface area contributed by atoms with Gasteiger partial charge in [0.05, 0.1) is 32.5 Å². The zero-order chi connectivity index (χ0) is 15.9. The Kier molecular flexibility index (Phi) is 5.85. The van der Waals surface area contributed by atoms with Crippen LogP contribution in [-0.4, -0.2) is 57.4 Å². The Bertz CT molecular complexity index is 516. The van der Waals surface area contributed by atoms with Crippen molar-refractivity contribution in [1.82, 2.24) is 4.90 Å². The summed E-state index contributed by atoms with van der Waals surface area (Å²) in [6, 6.07) is 3.09. The van der Waals surface area contributed by atoms with E-state index in [0.29, 0.717) is 18.1 Å². The first-order valence-corrected chi connectivity index (χ1v) is 7.32. The van der Waals surface area contributed by atoms with Gasteiger partial charge in [-0.1, -0.05) is 0 Å². The summed E-state index contributed by atoms with van der Waals surface area (Å²) >= 11 is 0. The average molecular weight is 309 g/mol. The van der Waals surface area contributed by atoms with Gasteiger partial charge in [0.15, 0.2) is 11.5 Å². The van der Waals surface area contributed by atoms with E-state index in [0.717, 1.165) is 39.3 Å². The molecule has 1 fully saturated rings. The molecule has 0 aromatic heterocycles. The minimum Gasteiger partial charge on any atom is -0.493 e. The maximum absolute atomic E-state index is 11.3. The Labute approximate surface area is 130 Å². The summed E-state index contributed by atoms with van der Waals surface area (Å²) in [6.07, 6.45) is 0.890. The van der Waals surface area contributed by atoms with E-state index in [1.165, 1.54) is 13.2 Å². The molecule has 22 heavy (non-hydrogen) atoms. The smallest absolute Gasteiger partial charge is 0.250 e. The van der Waals surface area contributed by atoms with E-state index >= 15 is 0 Å². The normalized spacial score (nSPS) is 15.5.